The average molecular weight is 451 g/mol. The van der Waals surface area contributed by atoms with Crippen molar-refractivity contribution >= 4 is 10.8 Å². The highest BCUT2D eigenvalue weighted by Gasteiger charge is 2.49. The summed E-state index contributed by atoms with van der Waals surface area (Å²) in [5.41, 5.74) is 1.07. The van der Waals surface area contributed by atoms with Crippen LogP contribution in [0.15, 0.2) is 95.9 Å². The highest BCUT2D eigenvalue weighted by atomic mass is 32.2. The van der Waals surface area contributed by atoms with Gasteiger partial charge in [0.1, 0.15) is 11.5 Å². The predicted molar refractivity (Wildman–Crippen MR) is 126 cm³/mol. The lowest BCUT2D eigenvalue weighted by atomic mass is 9.88. The molecule has 5 atom stereocenters. The standard InChI is InChI=1S/C27H30O4S/c1-21-26(29-19-22-12-6-3-7-13-22)27(2,30-20-23-14-8-4-9-15-23)18-25(31-21)32(28)24-16-10-5-11-17-24/h3-17,21,25-26H,18-20H2,1-2H3/t21-,25?,26+,27+,32?/m0/s1. The molecule has 0 radical (unpaired) electrons. The van der Waals surface area contributed by atoms with E-state index in [1.54, 1.807) is 0 Å². The molecule has 32 heavy (non-hydrogen) atoms. The summed E-state index contributed by atoms with van der Waals surface area (Å²) in [6.07, 6.45) is -0.0909. The lowest BCUT2D eigenvalue weighted by Crippen LogP contribution is -2.57. The van der Waals surface area contributed by atoms with E-state index >= 15 is 0 Å². The molecule has 3 aromatic rings. The summed E-state index contributed by atoms with van der Waals surface area (Å²) in [5.74, 6) is 0. The first-order chi connectivity index (χ1) is 15.5. The van der Waals surface area contributed by atoms with Crippen LogP contribution in [0.5, 0.6) is 0 Å². The first-order valence-corrected chi connectivity index (χ1v) is 12.2. The van der Waals surface area contributed by atoms with E-state index in [0.717, 1.165) is 16.0 Å². The third-order valence-electron chi connectivity index (χ3n) is 5.86. The molecule has 4 nitrogen and oxygen atoms in total. The Morgan fingerprint density at radius 2 is 1.41 bits per heavy atom. The van der Waals surface area contributed by atoms with Crippen molar-refractivity contribution in [3.8, 4) is 0 Å². The van der Waals surface area contributed by atoms with Gasteiger partial charge in [-0.15, -0.1) is 0 Å². The van der Waals surface area contributed by atoms with Crippen LogP contribution in [0.2, 0.25) is 0 Å². The molecule has 0 spiro atoms. The molecular formula is C27H30O4S. The second-order valence-corrected chi connectivity index (χ2v) is 9.98. The Morgan fingerprint density at radius 3 is 2.00 bits per heavy atom. The maximum absolute atomic E-state index is 13.3. The molecule has 168 valence electrons. The molecule has 0 amide bonds. The third kappa shape index (κ3) is 5.54. The van der Waals surface area contributed by atoms with Crippen LogP contribution in [0.3, 0.4) is 0 Å². The molecule has 1 fully saturated rings. The Bertz CT molecular complexity index is 996. The smallest absolute Gasteiger partial charge is 0.140 e. The zero-order chi connectivity index (χ0) is 22.4. The fourth-order valence-electron chi connectivity index (χ4n) is 4.17. The summed E-state index contributed by atoms with van der Waals surface area (Å²) in [5, 5.41) is 0. The van der Waals surface area contributed by atoms with E-state index in [1.807, 2.05) is 97.9 Å². The maximum Gasteiger partial charge on any atom is 0.140 e. The fraction of sp³-hybridized carbons (Fsp3) is 0.333. The quantitative estimate of drug-likeness (QED) is 0.455. The minimum atomic E-state index is -1.30. The van der Waals surface area contributed by atoms with Gasteiger partial charge in [-0.05, 0) is 37.1 Å². The molecule has 2 unspecified atom stereocenters. The van der Waals surface area contributed by atoms with Gasteiger partial charge in [-0.2, -0.15) is 0 Å². The van der Waals surface area contributed by atoms with Crippen LogP contribution in [0.25, 0.3) is 0 Å². The lowest BCUT2D eigenvalue weighted by molar-refractivity contribution is -0.232. The van der Waals surface area contributed by atoms with Crippen molar-refractivity contribution in [2.75, 3.05) is 0 Å². The molecule has 1 heterocycles. The highest BCUT2D eigenvalue weighted by molar-refractivity contribution is 7.85. The summed E-state index contributed by atoms with van der Waals surface area (Å²) in [4.78, 5) is 0.763. The van der Waals surface area contributed by atoms with Crippen LogP contribution < -0.4 is 0 Å². The SMILES string of the molecule is C[C@@H]1OC(S(=O)c2ccccc2)C[C@@](C)(OCc2ccccc2)[C@@H]1OCc1ccccc1. The Balaban J connectivity index is 1.54. The first kappa shape index (κ1) is 22.9. The number of rotatable bonds is 8. The molecule has 4 rings (SSSR count). The molecule has 1 aliphatic heterocycles. The van der Waals surface area contributed by atoms with E-state index < -0.39 is 21.8 Å². The third-order valence-corrected chi connectivity index (χ3v) is 7.36. The van der Waals surface area contributed by atoms with Crippen molar-refractivity contribution in [1.29, 1.82) is 0 Å². The van der Waals surface area contributed by atoms with Crippen LogP contribution in [-0.2, 0) is 38.2 Å². The topological polar surface area (TPSA) is 44.8 Å². The van der Waals surface area contributed by atoms with Gasteiger partial charge >= 0.3 is 0 Å². The molecular weight excluding hydrogens is 420 g/mol. The van der Waals surface area contributed by atoms with E-state index in [1.165, 1.54) is 0 Å². The lowest BCUT2D eigenvalue weighted by Gasteiger charge is -2.47. The van der Waals surface area contributed by atoms with Crippen molar-refractivity contribution in [3.05, 3.63) is 102 Å². The van der Waals surface area contributed by atoms with Crippen molar-refractivity contribution < 1.29 is 18.4 Å². The van der Waals surface area contributed by atoms with Gasteiger partial charge in [0.2, 0.25) is 0 Å². The van der Waals surface area contributed by atoms with Gasteiger partial charge in [0.25, 0.3) is 0 Å². The zero-order valence-electron chi connectivity index (χ0n) is 18.6. The average Bonchev–Trinajstić information content (AvgIpc) is 2.83. The predicted octanol–water partition coefficient (Wildman–Crippen LogP) is 5.49. The van der Waals surface area contributed by atoms with Gasteiger partial charge < -0.3 is 14.2 Å². The second-order valence-electron chi connectivity index (χ2n) is 8.39. The fourth-order valence-corrected chi connectivity index (χ4v) is 5.66. The van der Waals surface area contributed by atoms with Gasteiger partial charge in [-0.25, -0.2) is 0 Å². The number of benzene rings is 3. The molecule has 0 bridgehead atoms. The molecule has 0 aliphatic carbocycles. The van der Waals surface area contributed by atoms with E-state index in [-0.39, 0.29) is 12.2 Å². The van der Waals surface area contributed by atoms with Gasteiger partial charge in [0.15, 0.2) is 0 Å². The Hall–Kier alpha value is -2.31. The normalized spacial score (nSPS) is 26.5. The summed E-state index contributed by atoms with van der Waals surface area (Å²) in [6.45, 7) is 4.96. The molecule has 1 aliphatic rings. The Kier molecular flexibility index (Phi) is 7.53. The summed E-state index contributed by atoms with van der Waals surface area (Å²) < 4.78 is 32.4. The first-order valence-electron chi connectivity index (χ1n) is 11.0. The van der Waals surface area contributed by atoms with Crippen LogP contribution in [0.1, 0.15) is 31.4 Å². The van der Waals surface area contributed by atoms with E-state index in [4.69, 9.17) is 14.2 Å². The highest BCUT2D eigenvalue weighted by Crippen LogP contribution is 2.38. The van der Waals surface area contributed by atoms with Gasteiger partial charge in [-0.3, -0.25) is 4.21 Å². The van der Waals surface area contributed by atoms with E-state index in [2.05, 4.69) is 6.92 Å². The zero-order valence-corrected chi connectivity index (χ0v) is 19.4. The minimum absolute atomic E-state index is 0.272. The Morgan fingerprint density at radius 1 is 0.875 bits per heavy atom. The van der Waals surface area contributed by atoms with E-state index in [0.29, 0.717) is 19.6 Å². The van der Waals surface area contributed by atoms with Crippen molar-refractivity contribution in [1.82, 2.24) is 0 Å². The van der Waals surface area contributed by atoms with Gasteiger partial charge in [0.05, 0.1) is 35.7 Å². The molecule has 0 N–H and O–H groups in total. The van der Waals surface area contributed by atoms with Crippen LogP contribution in [-0.4, -0.2) is 27.5 Å². The second kappa shape index (κ2) is 10.5. The van der Waals surface area contributed by atoms with E-state index in [9.17, 15) is 4.21 Å². The summed E-state index contributed by atoms with van der Waals surface area (Å²) in [6, 6.07) is 29.7. The summed E-state index contributed by atoms with van der Waals surface area (Å²) in [7, 11) is -1.30. The number of hydrogen-bond donors (Lipinski definition) is 0. The largest absolute Gasteiger partial charge is 0.368 e. The summed E-state index contributed by atoms with van der Waals surface area (Å²) >= 11 is 0. The molecule has 0 aromatic heterocycles. The molecule has 1 saturated heterocycles. The van der Waals surface area contributed by atoms with Crippen molar-refractivity contribution in [2.45, 2.75) is 61.6 Å². The monoisotopic (exact) mass is 450 g/mol. The van der Waals surface area contributed by atoms with Crippen molar-refractivity contribution in [2.24, 2.45) is 0 Å². The molecule has 0 saturated carbocycles. The van der Waals surface area contributed by atoms with Crippen molar-refractivity contribution in [3.63, 3.8) is 0 Å². The minimum Gasteiger partial charge on any atom is -0.368 e. The van der Waals surface area contributed by atoms with Crippen LogP contribution in [0.4, 0.5) is 0 Å². The molecule has 3 aromatic carbocycles. The van der Waals surface area contributed by atoms with Gasteiger partial charge in [-0.1, -0.05) is 78.9 Å². The maximum atomic E-state index is 13.3. The Labute approximate surface area is 193 Å². The van der Waals surface area contributed by atoms with Crippen LogP contribution in [0, 0.1) is 0 Å². The number of hydrogen-bond acceptors (Lipinski definition) is 4. The van der Waals surface area contributed by atoms with Gasteiger partial charge in [0, 0.05) is 11.3 Å². The molecule has 5 heteroatoms. The van der Waals surface area contributed by atoms with Crippen LogP contribution >= 0.6 is 0 Å². The number of ether oxygens (including phenoxy) is 3.